The first kappa shape index (κ1) is 17.2. The van der Waals surface area contributed by atoms with Crippen LogP contribution in [0.5, 0.6) is 0 Å². The van der Waals surface area contributed by atoms with Gasteiger partial charge in [-0.1, -0.05) is 0 Å². The molecule has 28 heavy (non-hydrogen) atoms. The van der Waals surface area contributed by atoms with Gasteiger partial charge in [0.15, 0.2) is 0 Å². The number of nitrogens with zero attached hydrogens (tertiary/aromatic N) is 7. The van der Waals surface area contributed by atoms with Crippen molar-refractivity contribution in [1.82, 2.24) is 19.9 Å². The molecule has 0 bridgehead atoms. The van der Waals surface area contributed by atoms with Crippen LogP contribution in [0, 0.1) is 0 Å². The fourth-order valence-corrected chi connectivity index (χ4v) is 4.38. The smallest absolute Gasteiger partial charge is 0.139 e. The molecule has 0 N–H and O–H groups in total. The van der Waals surface area contributed by atoms with Crippen molar-refractivity contribution in [1.29, 1.82) is 0 Å². The standard InChI is InChI=1S/C21H25N7/c1-26(2)20-17-12-15(6-7-19(17)23-13-24-20)27-8-10-28(11-9-27)21-16-4-3-5-18(16)22-14-25-21/h6-7,12-14H,3-5,8-11H2,1-2H3. The van der Waals surface area contributed by atoms with Gasteiger partial charge in [0.05, 0.1) is 5.52 Å². The molecule has 0 amide bonds. The fraction of sp³-hybridized carbons (Fsp3) is 0.429. The quantitative estimate of drug-likeness (QED) is 0.696. The third kappa shape index (κ3) is 2.91. The topological polar surface area (TPSA) is 61.3 Å². The molecule has 7 nitrogen and oxygen atoms in total. The lowest BCUT2D eigenvalue weighted by atomic mass is 10.1. The number of rotatable bonds is 3. The molecule has 0 saturated carbocycles. The van der Waals surface area contributed by atoms with Crippen molar-refractivity contribution in [3.63, 3.8) is 0 Å². The molecule has 1 fully saturated rings. The molecular weight excluding hydrogens is 350 g/mol. The fourth-order valence-electron chi connectivity index (χ4n) is 4.38. The molecule has 0 unspecified atom stereocenters. The summed E-state index contributed by atoms with van der Waals surface area (Å²) in [5.41, 5.74) is 4.84. The summed E-state index contributed by atoms with van der Waals surface area (Å²) in [7, 11) is 4.04. The van der Waals surface area contributed by atoms with E-state index in [9.17, 15) is 0 Å². The number of hydrogen-bond acceptors (Lipinski definition) is 7. The summed E-state index contributed by atoms with van der Waals surface area (Å²) in [6.45, 7) is 3.92. The third-order valence-electron chi connectivity index (χ3n) is 5.82. The second-order valence-electron chi connectivity index (χ2n) is 7.74. The average Bonchev–Trinajstić information content (AvgIpc) is 3.22. The lowest BCUT2D eigenvalue weighted by Crippen LogP contribution is -2.47. The Morgan fingerprint density at radius 3 is 2.46 bits per heavy atom. The van der Waals surface area contributed by atoms with Crippen LogP contribution in [0.4, 0.5) is 17.3 Å². The van der Waals surface area contributed by atoms with E-state index < -0.39 is 0 Å². The van der Waals surface area contributed by atoms with E-state index in [2.05, 4.69) is 47.9 Å². The van der Waals surface area contributed by atoms with Crippen LogP contribution in [0.2, 0.25) is 0 Å². The maximum Gasteiger partial charge on any atom is 0.139 e. The van der Waals surface area contributed by atoms with E-state index in [0.29, 0.717) is 0 Å². The van der Waals surface area contributed by atoms with Gasteiger partial charge in [0.1, 0.15) is 24.3 Å². The molecule has 5 rings (SSSR count). The van der Waals surface area contributed by atoms with E-state index in [1.54, 1.807) is 12.7 Å². The van der Waals surface area contributed by atoms with Gasteiger partial charge in [-0.05, 0) is 37.5 Å². The van der Waals surface area contributed by atoms with Crippen LogP contribution in [-0.2, 0) is 12.8 Å². The Labute approximate surface area is 165 Å². The van der Waals surface area contributed by atoms with Gasteiger partial charge in [0, 0.05) is 62.6 Å². The first-order valence-electron chi connectivity index (χ1n) is 9.95. The predicted octanol–water partition coefficient (Wildman–Crippen LogP) is 2.30. The Morgan fingerprint density at radius 2 is 1.64 bits per heavy atom. The van der Waals surface area contributed by atoms with E-state index in [4.69, 9.17) is 0 Å². The van der Waals surface area contributed by atoms with Gasteiger partial charge in [-0.15, -0.1) is 0 Å². The van der Waals surface area contributed by atoms with E-state index in [0.717, 1.165) is 61.6 Å². The lowest BCUT2D eigenvalue weighted by Gasteiger charge is -2.37. The molecule has 1 aliphatic heterocycles. The highest BCUT2D eigenvalue weighted by Crippen LogP contribution is 2.30. The van der Waals surface area contributed by atoms with Crippen molar-refractivity contribution in [3.05, 3.63) is 42.1 Å². The highest BCUT2D eigenvalue weighted by molar-refractivity contribution is 5.91. The van der Waals surface area contributed by atoms with Crippen molar-refractivity contribution >= 4 is 28.2 Å². The summed E-state index contributed by atoms with van der Waals surface area (Å²) < 4.78 is 0. The Balaban J connectivity index is 1.37. The van der Waals surface area contributed by atoms with E-state index in [1.807, 2.05) is 19.0 Å². The molecule has 2 aromatic heterocycles. The number of anilines is 3. The maximum atomic E-state index is 4.62. The van der Waals surface area contributed by atoms with Crippen LogP contribution >= 0.6 is 0 Å². The van der Waals surface area contributed by atoms with Crippen molar-refractivity contribution < 1.29 is 0 Å². The number of aromatic nitrogens is 4. The zero-order chi connectivity index (χ0) is 19.1. The zero-order valence-electron chi connectivity index (χ0n) is 16.5. The minimum atomic E-state index is 0.960. The third-order valence-corrected chi connectivity index (χ3v) is 5.82. The van der Waals surface area contributed by atoms with Crippen LogP contribution in [0.3, 0.4) is 0 Å². The van der Waals surface area contributed by atoms with Crippen LogP contribution in [0.1, 0.15) is 17.7 Å². The Kier molecular flexibility index (Phi) is 4.22. The minimum Gasteiger partial charge on any atom is -0.368 e. The van der Waals surface area contributed by atoms with Crippen molar-refractivity contribution in [2.75, 3.05) is 55.0 Å². The highest BCUT2D eigenvalue weighted by Gasteiger charge is 2.24. The molecule has 7 heteroatoms. The Hall–Kier alpha value is -2.96. The number of hydrogen-bond donors (Lipinski definition) is 0. The molecule has 144 valence electrons. The largest absolute Gasteiger partial charge is 0.368 e. The van der Waals surface area contributed by atoms with Gasteiger partial charge in [-0.2, -0.15) is 0 Å². The van der Waals surface area contributed by atoms with Gasteiger partial charge in [0.2, 0.25) is 0 Å². The van der Waals surface area contributed by atoms with Crippen molar-refractivity contribution in [2.45, 2.75) is 19.3 Å². The van der Waals surface area contributed by atoms with Crippen LogP contribution in [0.15, 0.2) is 30.9 Å². The van der Waals surface area contributed by atoms with Gasteiger partial charge < -0.3 is 14.7 Å². The van der Waals surface area contributed by atoms with Gasteiger partial charge in [0.25, 0.3) is 0 Å². The molecule has 1 aliphatic carbocycles. The number of aryl methyl sites for hydroxylation is 1. The predicted molar refractivity (Wildman–Crippen MR) is 112 cm³/mol. The molecule has 3 aromatic rings. The number of benzene rings is 1. The summed E-state index contributed by atoms with van der Waals surface area (Å²) in [4.78, 5) is 24.9. The zero-order valence-corrected chi connectivity index (χ0v) is 16.5. The second kappa shape index (κ2) is 6.89. The van der Waals surface area contributed by atoms with Crippen LogP contribution in [0.25, 0.3) is 10.9 Å². The minimum absolute atomic E-state index is 0.960. The maximum absolute atomic E-state index is 4.62. The molecular formula is C21H25N7. The van der Waals surface area contributed by atoms with Crippen molar-refractivity contribution in [2.24, 2.45) is 0 Å². The van der Waals surface area contributed by atoms with Gasteiger partial charge in [-0.3, -0.25) is 0 Å². The monoisotopic (exact) mass is 375 g/mol. The first-order chi connectivity index (χ1) is 13.7. The number of fused-ring (bicyclic) bond motifs is 2. The lowest BCUT2D eigenvalue weighted by molar-refractivity contribution is 0.644. The highest BCUT2D eigenvalue weighted by atomic mass is 15.3. The first-order valence-corrected chi connectivity index (χ1v) is 9.95. The summed E-state index contributed by atoms with van der Waals surface area (Å²) in [5, 5.41) is 1.10. The Bertz CT molecular complexity index is 1010. The van der Waals surface area contributed by atoms with Crippen LogP contribution in [-0.4, -0.2) is 60.2 Å². The molecule has 3 heterocycles. The summed E-state index contributed by atoms with van der Waals surface area (Å²) in [6.07, 6.45) is 6.78. The molecule has 0 spiro atoms. The molecule has 2 aliphatic rings. The molecule has 1 aromatic carbocycles. The van der Waals surface area contributed by atoms with Crippen molar-refractivity contribution in [3.8, 4) is 0 Å². The molecule has 0 radical (unpaired) electrons. The van der Waals surface area contributed by atoms with E-state index >= 15 is 0 Å². The second-order valence-corrected chi connectivity index (χ2v) is 7.74. The Morgan fingerprint density at radius 1 is 0.857 bits per heavy atom. The normalized spacial score (nSPS) is 16.5. The van der Waals surface area contributed by atoms with Gasteiger partial charge >= 0.3 is 0 Å². The van der Waals surface area contributed by atoms with Gasteiger partial charge in [-0.25, -0.2) is 19.9 Å². The van der Waals surface area contributed by atoms with Crippen LogP contribution < -0.4 is 14.7 Å². The summed E-state index contributed by atoms with van der Waals surface area (Å²) >= 11 is 0. The SMILES string of the molecule is CN(C)c1ncnc2ccc(N3CCN(c4ncnc5c4CCC5)CC3)cc12. The summed E-state index contributed by atoms with van der Waals surface area (Å²) in [5.74, 6) is 2.12. The van der Waals surface area contributed by atoms with E-state index in [-0.39, 0.29) is 0 Å². The average molecular weight is 375 g/mol. The molecule has 1 saturated heterocycles. The summed E-state index contributed by atoms with van der Waals surface area (Å²) in [6, 6.07) is 6.50. The molecule has 0 atom stereocenters. The van der Waals surface area contributed by atoms with E-state index in [1.165, 1.54) is 23.4 Å². The number of piperazine rings is 1.